The minimum absolute atomic E-state index is 0.0476. The fraction of sp³-hybridized carbons (Fsp3) is 0.375. The van der Waals surface area contributed by atoms with Crippen molar-refractivity contribution in [3.05, 3.63) is 66.0 Å². The molecule has 3 aromatic rings. The van der Waals surface area contributed by atoms with E-state index in [4.69, 9.17) is 14.0 Å². The molecule has 0 spiro atoms. The molecule has 16 nitrogen and oxygen atoms in total. The molecule has 2 aliphatic rings. The third-order valence-corrected chi connectivity index (χ3v) is 10.3. The zero-order valence-electron chi connectivity index (χ0n) is 33.4. The smallest absolute Gasteiger partial charge is 0.355 e. The predicted molar refractivity (Wildman–Crippen MR) is 220 cm³/mol. The van der Waals surface area contributed by atoms with Crippen LogP contribution in [0.1, 0.15) is 26.2 Å². The van der Waals surface area contributed by atoms with E-state index in [1.54, 1.807) is 7.11 Å². The van der Waals surface area contributed by atoms with E-state index >= 15 is 0 Å². The number of carbonyl (C=O) groups is 2. The van der Waals surface area contributed by atoms with Gasteiger partial charge >= 0.3 is 5.97 Å². The molecule has 5 rings (SSSR count). The standard InChI is InChI=1S/C40H50N6O10S/c1-9-45(19-10-11-36(47)41-30(18-20-57(51,52)53)40(50)56-46-37(48)16-17-38(46)49)32-24-33(54-8)29(23-31(32)44(6)7)39-27-14-12-25(42(2)3)21-34(27)55-35-22-26(43(4)5)13-15-28(35)39/h12-17,21-24,30H,9-11,18-20H2,1-8H3,(H3-,41,47,48,49,51,52,53)/p+1. The summed E-state index contributed by atoms with van der Waals surface area (Å²) in [6.07, 6.45) is -0.221. The number of fused-ring (bicyclic) bond motifs is 2. The van der Waals surface area contributed by atoms with Gasteiger partial charge in [-0.15, -0.1) is 4.73 Å². The van der Waals surface area contributed by atoms with Gasteiger partial charge in [-0.1, -0.05) is 0 Å². The summed E-state index contributed by atoms with van der Waals surface area (Å²) in [5, 5.41) is 24.1. The van der Waals surface area contributed by atoms with E-state index in [-0.39, 0.29) is 6.42 Å². The largest absolute Gasteiger partial charge is 0.496 e. The third kappa shape index (κ3) is 9.72. The van der Waals surface area contributed by atoms with E-state index < -0.39 is 52.0 Å². The minimum atomic E-state index is -4.49. The van der Waals surface area contributed by atoms with Gasteiger partial charge in [0.1, 0.15) is 37.2 Å². The summed E-state index contributed by atoms with van der Waals surface area (Å²) in [6.45, 7) is 3.00. The Labute approximate surface area is 331 Å². The van der Waals surface area contributed by atoms with Gasteiger partial charge in [-0.2, -0.15) is 8.42 Å². The van der Waals surface area contributed by atoms with Crippen molar-refractivity contribution in [2.75, 3.05) is 82.9 Å². The van der Waals surface area contributed by atoms with Crippen molar-refractivity contribution >= 4 is 50.0 Å². The van der Waals surface area contributed by atoms with Gasteiger partial charge in [-0.05, 0) is 44.0 Å². The maximum Gasteiger partial charge on any atom is 0.355 e. The van der Waals surface area contributed by atoms with Crippen molar-refractivity contribution in [1.29, 1.82) is 0 Å². The van der Waals surface area contributed by atoms with Gasteiger partial charge in [0.2, 0.25) is 23.0 Å². The number of hydrogen-bond acceptors (Lipinski definition) is 12. The number of hydrogen-bond donors (Lipinski definition) is 4. The molecule has 1 aromatic heterocycles. The molecule has 2 aromatic carbocycles. The molecule has 1 atom stereocenters. The van der Waals surface area contributed by atoms with Crippen LogP contribution in [0.15, 0.2) is 65.1 Å². The van der Waals surface area contributed by atoms with E-state index in [2.05, 4.69) is 40.5 Å². The number of amides is 1. The summed E-state index contributed by atoms with van der Waals surface area (Å²) >= 11 is 0. The molecule has 0 saturated carbocycles. The molecule has 4 N–H and O–H groups in total. The van der Waals surface area contributed by atoms with Crippen LogP contribution in [0.3, 0.4) is 0 Å². The highest BCUT2D eigenvalue weighted by molar-refractivity contribution is 7.85. The van der Waals surface area contributed by atoms with Crippen molar-refractivity contribution in [3.8, 4) is 40.0 Å². The van der Waals surface area contributed by atoms with Crippen LogP contribution in [0.25, 0.3) is 33.4 Å². The number of aromatic hydroxyl groups is 2. The highest BCUT2D eigenvalue weighted by Crippen LogP contribution is 2.47. The number of nitrogens with zero attached hydrogens (tertiary/aromatic N) is 5. The van der Waals surface area contributed by atoms with Crippen molar-refractivity contribution in [1.82, 2.24) is 14.6 Å². The number of carbonyl (C=O) groups excluding carboxylic acids is 2. The molecule has 1 aliphatic carbocycles. The second-order valence-electron chi connectivity index (χ2n) is 14.2. The van der Waals surface area contributed by atoms with E-state index in [0.717, 1.165) is 68.0 Å². The number of anilines is 3. The minimum Gasteiger partial charge on any atom is -0.496 e. The normalized spacial score (nSPS) is 12.0. The summed E-state index contributed by atoms with van der Waals surface area (Å²) in [5.41, 5.74) is 6.22. The van der Waals surface area contributed by atoms with Gasteiger partial charge in [-0.3, -0.25) is 9.35 Å². The molecule has 1 unspecified atom stereocenters. The maximum absolute atomic E-state index is 13.1. The Bertz CT molecular complexity index is 2400. The number of rotatable bonds is 16. The van der Waals surface area contributed by atoms with Gasteiger partial charge in [0, 0.05) is 106 Å². The van der Waals surface area contributed by atoms with Crippen LogP contribution in [0.4, 0.5) is 17.1 Å². The quantitative estimate of drug-likeness (QED) is 0.0644. The zero-order chi connectivity index (χ0) is 41.8. The second-order valence-corrected chi connectivity index (χ2v) is 15.8. The van der Waals surface area contributed by atoms with Gasteiger partial charge in [0.25, 0.3) is 10.1 Å². The molecule has 0 radical (unpaired) electrons. The third-order valence-electron chi connectivity index (χ3n) is 9.59. The Morgan fingerprint density at radius 3 is 2.23 bits per heavy atom. The average Bonchev–Trinajstić information content (AvgIpc) is 3.47. The lowest BCUT2D eigenvalue weighted by atomic mass is 9.92. The summed E-state index contributed by atoms with van der Waals surface area (Å²) in [5.74, 6) is -2.42. The molecule has 17 heteroatoms. The number of aromatic nitrogens is 1. The van der Waals surface area contributed by atoms with Crippen molar-refractivity contribution in [2.24, 2.45) is 0 Å². The first-order valence-corrected chi connectivity index (χ1v) is 19.9. The zero-order valence-corrected chi connectivity index (χ0v) is 34.3. The van der Waals surface area contributed by atoms with Crippen LogP contribution in [-0.4, -0.2) is 114 Å². The van der Waals surface area contributed by atoms with Gasteiger partial charge in [0.05, 0.1) is 30.3 Å². The molecular weight excluding hydrogens is 757 g/mol. The van der Waals surface area contributed by atoms with Crippen LogP contribution < -0.4 is 39.5 Å². The summed E-state index contributed by atoms with van der Waals surface area (Å²) in [4.78, 5) is 37.2. The second kappa shape index (κ2) is 17.5. The molecule has 0 fully saturated rings. The molecule has 1 aliphatic heterocycles. The topological polar surface area (TPSA) is 190 Å². The van der Waals surface area contributed by atoms with Crippen molar-refractivity contribution in [3.63, 3.8) is 0 Å². The van der Waals surface area contributed by atoms with Crippen LogP contribution >= 0.6 is 0 Å². The van der Waals surface area contributed by atoms with Gasteiger partial charge in [0.15, 0.2) is 0 Å². The Morgan fingerprint density at radius 1 is 0.930 bits per heavy atom. The first-order chi connectivity index (χ1) is 26.9. The average molecular weight is 808 g/mol. The fourth-order valence-electron chi connectivity index (χ4n) is 6.56. The van der Waals surface area contributed by atoms with Crippen LogP contribution in [0, 0.1) is 0 Å². The summed E-state index contributed by atoms with van der Waals surface area (Å²) in [6, 6.07) is 17.0. The first kappa shape index (κ1) is 42.2. The molecular formula is C40H51N6O10S+. The lowest BCUT2D eigenvalue weighted by Gasteiger charge is -2.30. The fourth-order valence-corrected chi connectivity index (χ4v) is 7.09. The van der Waals surface area contributed by atoms with Crippen LogP contribution in [0.5, 0.6) is 17.5 Å². The maximum atomic E-state index is 13.1. The Morgan fingerprint density at radius 2 is 1.63 bits per heavy atom. The predicted octanol–water partition coefficient (Wildman–Crippen LogP) is 3.61. The molecule has 2 heterocycles. The van der Waals surface area contributed by atoms with E-state index in [9.17, 15) is 32.8 Å². The highest BCUT2D eigenvalue weighted by Gasteiger charge is 2.28. The van der Waals surface area contributed by atoms with E-state index in [0.29, 0.717) is 30.0 Å². The molecule has 0 saturated heterocycles. The molecule has 306 valence electrons. The molecule has 57 heavy (non-hydrogen) atoms. The van der Waals surface area contributed by atoms with Crippen molar-refractivity contribution in [2.45, 2.75) is 32.2 Å². The van der Waals surface area contributed by atoms with E-state index in [1.165, 1.54) is 0 Å². The molecule has 1 amide bonds. The number of ether oxygens (including phenoxy) is 1. The first-order valence-electron chi connectivity index (χ1n) is 18.3. The Hall–Kier alpha value is -5.94. The van der Waals surface area contributed by atoms with Crippen LogP contribution in [-0.2, 0) is 19.7 Å². The number of nitrogens with one attached hydrogen (secondary N) is 1. The summed E-state index contributed by atoms with van der Waals surface area (Å²) in [7, 11) is 8.99. The summed E-state index contributed by atoms with van der Waals surface area (Å²) < 4.78 is 47.3. The highest BCUT2D eigenvalue weighted by atomic mass is 32.2. The Kier molecular flexibility index (Phi) is 12.9. The SMILES string of the molecule is CCN(CCCC(=O)NC(CCS(=O)(=O)O)C(=O)On1c(O)ccc1O)c1cc(OC)c(-c2c3ccc(=[N+](C)C)cc-3oc3cc(N(C)C)ccc23)cc1N(C)C. The Balaban J connectivity index is 1.45. The lowest BCUT2D eigenvalue weighted by Crippen LogP contribution is -2.45. The monoisotopic (exact) mass is 807 g/mol. The number of benzene rings is 3. The van der Waals surface area contributed by atoms with Gasteiger partial charge in [-0.25, -0.2) is 9.37 Å². The number of methoxy groups -OCH3 is 1. The van der Waals surface area contributed by atoms with E-state index in [1.807, 2.05) is 81.8 Å². The van der Waals surface area contributed by atoms with Gasteiger partial charge < -0.3 is 44.2 Å². The molecule has 0 bridgehead atoms. The lowest BCUT2D eigenvalue weighted by molar-refractivity contribution is -0.149. The van der Waals surface area contributed by atoms with Crippen molar-refractivity contribution < 1.29 is 46.8 Å². The van der Waals surface area contributed by atoms with Crippen LogP contribution in [0.2, 0.25) is 0 Å².